The van der Waals surface area contributed by atoms with Crippen molar-refractivity contribution in [2.75, 3.05) is 0 Å². The fraction of sp³-hybridized carbons (Fsp3) is 0.269. The summed E-state index contributed by atoms with van der Waals surface area (Å²) < 4.78 is 42.3. The van der Waals surface area contributed by atoms with Crippen molar-refractivity contribution in [2.24, 2.45) is 5.73 Å². The second-order valence-corrected chi connectivity index (χ2v) is 8.66. The minimum Gasteiger partial charge on any atom is -0.348 e. The number of aryl methyl sites for hydroxylation is 3. The maximum Gasteiger partial charge on any atom is 0.435 e. The number of hydrogen-bond acceptors (Lipinski definition) is 4. The van der Waals surface area contributed by atoms with Crippen molar-refractivity contribution >= 4 is 16.8 Å². The maximum atomic E-state index is 13.7. The zero-order valence-electron chi connectivity index (χ0n) is 19.7. The van der Waals surface area contributed by atoms with Gasteiger partial charge in [0.1, 0.15) is 0 Å². The number of nitrogens with zero attached hydrogens (tertiary/aromatic N) is 3. The highest BCUT2D eigenvalue weighted by molar-refractivity contribution is 5.95. The van der Waals surface area contributed by atoms with E-state index in [1.807, 2.05) is 57.2 Å². The molecule has 35 heavy (non-hydrogen) atoms. The first-order valence-electron chi connectivity index (χ1n) is 11.1. The Balaban J connectivity index is 1.58. The number of rotatable bonds is 6. The average Bonchev–Trinajstić information content (AvgIpc) is 3.23. The van der Waals surface area contributed by atoms with Crippen molar-refractivity contribution in [1.29, 1.82) is 0 Å². The van der Waals surface area contributed by atoms with E-state index in [1.165, 1.54) is 0 Å². The fourth-order valence-corrected chi connectivity index (χ4v) is 4.18. The van der Waals surface area contributed by atoms with E-state index in [1.54, 1.807) is 6.07 Å². The van der Waals surface area contributed by atoms with Gasteiger partial charge < -0.3 is 11.1 Å². The second-order valence-electron chi connectivity index (χ2n) is 8.66. The van der Waals surface area contributed by atoms with Crippen LogP contribution in [0.25, 0.3) is 10.9 Å². The van der Waals surface area contributed by atoms with Crippen LogP contribution in [0.15, 0.2) is 48.7 Å². The summed E-state index contributed by atoms with van der Waals surface area (Å²) >= 11 is 0. The number of carbonyl (C=O) groups is 1. The molecule has 0 bridgehead atoms. The Bertz CT molecular complexity index is 1390. The lowest BCUT2D eigenvalue weighted by atomic mass is 9.99. The van der Waals surface area contributed by atoms with Crippen LogP contribution in [0.5, 0.6) is 0 Å². The molecule has 0 aliphatic rings. The maximum absolute atomic E-state index is 13.7. The van der Waals surface area contributed by atoms with Crippen molar-refractivity contribution in [2.45, 2.75) is 46.6 Å². The molecule has 2 aromatic carbocycles. The number of halogens is 3. The van der Waals surface area contributed by atoms with E-state index in [0.29, 0.717) is 6.54 Å². The minimum atomic E-state index is -4.77. The molecule has 4 rings (SSSR count). The molecule has 0 unspecified atom stereocenters. The highest BCUT2D eigenvalue weighted by Gasteiger charge is 2.39. The minimum absolute atomic E-state index is 0.0823. The van der Waals surface area contributed by atoms with E-state index >= 15 is 0 Å². The van der Waals surface area contributed by atoms with Crippen LogP contribution in [-0.4, -0.2) is 20.7 Å². The number of benzene rings is 2. The average molecular weight is 482 g/mol. The number of pyridine rings is 1. The smallest absolute Gasteiger partial charge is 0.348 e. The molecule has 0 fully saturated rings. The SMILES string of the molecule is Cc1ccc2cc(Cn3cc(C(=O)NCc4c(C)cc(CN)cc4C)c(C(F)(F)F)n3)ccc2n1. The quantitative estimate of drug-likeness (QED) is 0.414. The molecule has 0 aliphatic carbocycles. The lowest BCUT2D eigenvalue weighted by molar-refractivity contribution is -0.141. The van der Waals surface area contributed by atoms with Gasteiger partial charge in [-0.15, -0.1) is 0 Å². The molecule has 2 heterocycles. The topological polar surface area (TPSA) is 85.8 Å². The lowest BCUT2D eigenvalue weighted by Gasteiger charge is -2.13. The van der Waals surface area contributed by atoms with Crippen LogP contribution >= 0.6 is 0 Å². The van der Waals surface area contributed by atoms with E-state index in [-0.39, 0.29) is 13.1 Å². The van der Waals surface area contributed by atoms with Gasteiger partial charge >= 0.3 is 6.18 Å². The number of aromatic nitrogens is 3. The number of carbonyl (C=O) groups excluding carboxylic acids is 1. The van der Waals surface area contributed by atoms with E-state index in [2.05, 4.69) is 15.4 Å². The largest absolute Gasteiger partial charge is 0.435 e. The highest BCUT2D eigenvalue weighted by atomic mass is 19.4. The summed E-state index contributed by atoms with van der Waals surface area (Å²) in [5.74, 6) is -0.830. The van der Waals surface area contributed by atoms with Gasteiger partial charge in [0.2, 0.25) is 0 Å². The van der Waals surface area contributed by atoms with Crippen LogP contribution in [0.1, 0.15) is 49.6 Å². The molecular weight excluding hydrogens is 455 g/mol. The standard InChI is InChI=1S/C26H26F3N5O/c1-15-8-19(11-30)9-16(2)21(15)12-31-25(35)22-14-34(33-24(22)26(27,28)29)13-18-5-7-23-20(10-18)6-4-17(3)32-23/h4-10,14H,11-13,30H2,1-3H3,(H,31,35). The van der Waals surface area contributed by atoms with E-state index in [4.69, 9.17) is 5.73 Å². The summed E-state index contributed by atoms with van der Waals surface area (Å²) in [5, 5.41) is 7.20. The first kappa shape index (κ1) is 24.4. The Labute approximate surface area is 201 Å². The lowest BCUT2D eigenvalue weighted by Crippen LogP contribution is -2.26. The van der Waals surface area contributed by atoms with Crippen LogP contribution in [0.4, 0.5) is 13.2 Å². The normalized spacial score (nSPS) is 11.7. The van der Waals surface area contributed by atoms with Gasteiger partial charge in [-0.2, -0.15) is 18.3 Å². The molecule has 0 radical (unpaired) electrons. The third kappa shape index (κ3) is 5.35. The van der Waals surface area contributed by atoms with E-state index < -0.39 is 23.3 Å². The Morgan fingerprint density at radius 3 is 2.40 bits per heavy atom. The fourth-order valence-electron chi connectivity index (χ4n) is 4.18. The molecule has 182 valence electrons. The molecule has 4 aromatic rings. The van der Waals surface area contributed by atoms with Crippen LogP contribution in [-0.2, 0) is 25.8 Å². The first-order chi connectivity index (χ1) is 16.5. The molecule has 2 aromatic heterocycles. The summed E-state index contributed by atoms with van der Waals surface area (Å²) in [7, 11) is 0. The van der Waals surface area contributed by atoms with Crippen LogP contribution in [0, 0.1) is 20.8 Å². The zero-order chi connectivity index (χ0) is 25.3. The summed E-state index contributed by atoms with van der Waals surface area (Å²) in [6, 6.07) is 13.1. The van der Waals surface area contributed by atoms with Crippen LogP contribution in [0.3, 0.4) is 0 Å². The number of hydrogen-bond donors (Lipinski definition) is 2. The predicted molar refractivity (Wildman–Crippen MR) is 128 cm³/mol. The number of amides is 1. The molecule has 3 N–H and O–H groups in total. The van der Waals surface area contributed by atoms with E-state index in [9.17, 15) is 18.0 Å². The Kier molecular flexibility index (Phi) is 6.62. The van der Waals surface area contributed by atoms with Crippen molar-refractivity contribution < 1.29 is 18.0 Å². The summed E-state index contributed by atoms with van der Waals surface area (Å²) in [5.41, 5.74) is 10.0. The molecule has 0 aliphatic heterocycles. The molecule has 0 saturated heterocycles. The number of alkyl halides is 3. The number of nitrogens with two attached hydrogens (primary N) is 1. The van der Waals surface area contributed by atoms with Crippen LogP contribution < -0.4 is 11.1 Å². The highest BCUT2D eigenvalue weighted by Crippen LogP contribution is 2.31. The predicted octanol–water partition coefficient (Wildman–Crippen LogP) is 4.81. The molecule has 6 nitrogen and oxygen atoms in total. The monoisotopic (exact) mass is 481 g/mol. The van der Waals surface area contributed by atoms with Gasteiger partial charge in [-0.05, 0) is 66.8 Å². The molecule has 0 saturated carbocycles. The Morgan fingerprint density at radius 1 is 1.03 bits per heavy atom. The van der Waals surface area contributed by atoms with Crippen molar-refractivity contribution in [3.8, 4) is 0 Å². The van der Waals surface area contributed by atoms with Gasteiger partial charge in [0, 0.05) is 30.4 Å². The Morgan fingerprint density at radius 2 is 1.74 bits per heavy atom. The van der Waals surface area contributed by atoms with Gasteiger partial charge in [-0.25, -0.2) is 0 Å². The van der Waals surface area contributed by atoms with E-state index in [0.717, 1.165) is 55.3 Å². The third-order valence-corrected chi connectivity index (χ3v) is 5.93. The van der Waals surface area contributed by atoms with Crippen LogP contribution in [0.2, 0.25) is 0 Å². The zero-order valence-corrected chi connectivity index (χ0v) is 19.7. The molecule has 0 atom stereocenters. The van der Waals surface area contributed by atoms with Crippen molar-refractivity contribution in [3.63, 3.8) is 0 Å². The molecule has 9 heteroatoms. The van der Waals surface area contributed by atoms with Gasteiger partial charge in [0.15, 0.2) is 5.69 Å². The summed E-state index contributed by atoms with van der Waals surface area (Å²) in [6.07, 6.45) is -3.62. The second kappa shape index (κ2) is 9.50. The van der Waals surface area contributed by atoms with Gasteiger partial charge in [0.25, 0.3) is 5.91 Å². The molecular formula is C26H26F3N5O. The first-order valence-corrected chi connectivity index (χ1v) is 11.1. The molecule has 1 amide bonds. The van der Waals surface area contributed by atoms with Crippen molar-refractivity contribution in [1.82, 2.24) is 20.1 Å². The Hall–Kier alpha value is -3.72. The van der Waals surface area contributed by atoms with Gasteiger partial charge in [0.05, 0.1) is 17.6 Å². The van der Waals surface area contributed by atoms with Crippen molar-refractivity contribution in [3.05, 3.63) is 93.4 Å². The number of fused-ring (bicyclic) bond motifs is 1. The third-order valence-electron chi connectivity index (χ3n) is 5.93. The molecule has 0 spiro atoms. The van der Waals surface area contributed by atoms with Gasteiger partial charge in [-0.1, -0.05) is 24.3 Å². The number of nitrogens with one attached hydrogen (secondary N) is 1. The van der Waals surface area contributed by atoms with Gasteiger partial charge in [-0.3, -0.25) is 14.5 Å². The summed E-state index contributed by atoms with van der Waals surface area (Å²) in [6.45, 7) is 6.22. The summed E-state index contributed by atoms with van der Waals surface area (Å²) in [4.78, 5) is 17.2.